The summed E-state index contributed by atoms with van der Waals surface area (Å²) in [5, 5.41) is 22.1. The van der Waals surface area contributed by atoms with Crippen molar-refractivity contribution in [1.29, 1.82) is 5.26 Å². The SMILES string of the molecule is C[C@H](NC(=O)c1cc(-c2cccc(C#N)c2)cc2[nH]cc(Sc3ccc(C(F)(F)F)cc3)c12)c1ccc(C(=O)O)cc1. The van der Waals surface area contributed by atoms with Crippen LogP contribution in [0.5, 0.6) is 0 Å². The third-order valence-corrected chi connectivity index (χ3v) is 7.78. The molecular weight excluding hydrogens is 563 g/mol. The number of hydrogen-bond acceptors (Lipinski definition) is 4. The molecule has 10 heteroatoms. The zero-order chi connectivity index (χ0) is 30.0. The lowest BCUT2D eigenvalue weighted by Gasteiger charge is -2.16. The van der Waals surface area contributed by atoms with Crippen molar-refractivity contribution < 1.29 is 27.9 Å². The number of nitrogens with zero attached hydrogens (tertiary/aromatic N) is 1. The summed E-state index contributed by atoms with van der Waals surface area (Å²) in [4.78, 5) is 29.4. The van der Waals surface area contributed by atoms with Gasteiger partial charge in [0.1, 0.15) is 0 Å². The van der Waals surface area contributed by atoms with E-state index in [1.165, 1.54) is 36.0 Å². The Balaban J connectivity index is 1.54. The first kappa shape index (κ1) is 28.5. The van der Waals surface area contributed by atoms with Gasteiger partial charge in [-0.2, -0.15) is 18.4 Å². The molecule has 0 spiro atoms. The number of halogens is 3. The van der Waals surface area contributed by atoms with Crippen LogP contribution < -0.4 is 5.32 Å². The first-order valence-electron chi connectivity index (χ1n) is 12.7. The number of fused-ring (bicyclic) bond motifs is 1. The summed E-state index contributed by atoms with van der Waals surface area (Å²) in [6.07, 6.45) is -2.74. The molecule has 0 saturated heterocycles. The Kier molecular flexibility index (Phi) is 7.79. The van der Waals surface area contributed by atoms with Crippen LogP contribution in [-0.2, 0) is 6.18 Å². The van der Waals surface area contributed by atoms with Crippen LogP contribution in [0.4, 0.5) is 13.2 Å². The molecule has 0 aliphatic heterocycles. The largest absolute Gasteiger partial charge is 0.478 e. The van der Waals surface area contributed by atoms with Crippen LogP contribution in [0.25, 0.3) is 22.0 Å². The molecule has 1 atom stereocenters. The van der Waals surface area contributed by atoms with Gasteiger partial charge in [-0.05, 0) is 84.3 Å². The monoisotopic (exact) mass is 585 g/mol. The molecule has 1 amide bonds. The van der Waals surface area contributed by atoms with Crippen LogP contribution in [0.2, 0.25) is 0 Å². The number of hydrogen-bond donors (Lipinski definition) is 3. The molecule has 0 radical (unpaired) electrons. The minimum Gasteiger partial charge on any atom is -0.478 e. The first-order valence-corrected chi connectivity index (χ1v) is 13.5. The Labute approximate surface area is 242 Å². The average Bonchev–Trinajstić information content (AvgIpc) is 3.38. The summed E-state index contributed by atoms with van der Waals surface area (Å²) in [6.45, 7) is 1.78. The van der Waals surface area contributed by atoms with Gasteiger partial charge in [0, 0.05) is 26.9 Å². The molecule has 0 saturated carbocycles. The number of alkyl halides is 3. The van der Waals surface area contributed by atoms with Gasteiger partial charge in [-0.1, -0.05) is 36.0 Å². The van der Waals surface area contributed by atoms with Gasteiger partial charge in [-0.3, -0.25) is 4.79 Å². The molecule has 210 valence electrons. The number of aromatic carboxylic acids is 1. The third kappa shape index (κ3) is 6.01. The fourth-order valence-corrected chi connectivity index (χ4v) is 5.51. The molecule has 1 aromatic heterocycles. The van der Waals surface area contributed by atoms with Gasteiger partial charge in [-0.15, -0.1) is 0 Å². The maximum absolute atomic E-state index is 13.8. The van der Waals surface area contributed by atoms with Crippen molar-refractivity contribution in [2.24, 2.45) is 0 Å². The second-order valence-corrected chi connectivity index (χ2v) is 10.7. The summed E-state index contributed by atoms with van der Waals surface area (Å²) in [5.74, 6) is -1.45. The van der Waals surface area contributed by atoms with E-state index in [4.69, 9.17) is 0 Å². The van der Waals surface area contributed by atoms with E-state index in [1.54, 1.807) is 49.5 Å². The zero-order valence-electron chi connectivity index (χ0n) is 22.0. The van der Waals surface area contributed by atoms with Gasteiger partial charge in [-0.25, -0.2) is 4.79 Å². The Morgan fingerprint density at radius 2 is 1.69 bits per heavy atom. The highest BCUT2D eigenvalue weighted by Crippen LogP contribution is 2.39. The van der Waals surface area contributed by atoms with Crippen LogP contribution >= 0.6 is 11.8 Å². The van der Waals surface area contributed by atoms with Crippen LogP contribution in [0, 0.1) is 11.3 Å². The van der Waals surface area contributed by atoms with Crippen molar-refractivity contribution in [3.8, 4) is 17.2 Å². The van der Waals surface area contributed by atoms with Crippen molar-refractivity contribution in [2.75, 3.05) is 0 Å². The maximum Gasteiger partial charge on any atom is 0.416 e. The number of carbonyl (C=O) groups excluding carboxylic acids is 1. The van der Waals surface area contributed by atoms with Gasteiger partial charge < -0.3 is 15.4 Å². The fourth-order valence-electron chi connectivity index (χ4n) is 4.54. The number of benzene rings is 4. The summed E-state index contributed by atoms with van der Waals surface area (Å²) < 4.78 is 39.2. The van der Waals surface area contributed by atoms with E-state index in [2.05, 4.69) is 16.4 Å². The first-order chi connectivity index (χ1) is 20.0. The minimum absolute atomic E-state index is 0.128. The lowest BCUT2D eigenvalue weighted by molar-refractivity contribution is -0.137. The number of nitriles is 1. The smallest absolute Gasteiger partial charge is 0.416 e. The molecular formula is C32H22F3N3O3S. The molecule has 4 aromatic carbocycles. The van der Waals surface area contributed by atoms with Crippen molar-refractivity contribution in [3.05, 3.63) is 119 Å². The molecule has 0 aliphatic carbocycles. The predicted molar refractivity (Wildman–Crippen MR) is 153 cm³/mol. The lowest BCUT2D eigenvalue weighted by atomic mass is 9.98. The van der Waals surface area contributed by atoms with E-state index >= 15 is 0 Å². The van der Waals surface area contributed by atoms with Crippen LogP contribution in [-0.4, -0.2) is 22.0 Å². The highest BCUT2D eigenvalue weighted by Gasteiger charge is 2.30. The second kappa shape index (κ2) is 11.5. The number of rotatable bonds is 7. The molecule has 5 aromatic rings. The fraction of sp³-hybridized carbons (Fsp3) is 0.0938. The van der Waals surface area contributed by atoms with E-state index in [9.17, 15) is 33.1 Å². The van der Waals surface area contributed by atoms with E-state index in [0.717, 1.165) is 17.7 Å². The molecule has 0 aliphatic rings. The Hall–Kier alpha value is -5.01. The Bertz CT molecular complexity index is 1840. The molecule has 0 fully saturated rings. The lowest BCUT2D eigenvalue weighted by Crippen LogP contribution is -2.27. The van der Waals surface area contributed by atoms with Gasteiger partial charge in [0.2, 0.25) is 0 Å². The van der Waals surface area contributed by atoms with E-state index in [-0.39, 0.29) is 5.56 Å². The summed E-state index contributed by atoms with van der Waals surface area (Å²) >= 11 is 1.22. The van der Waals surface area contributed by atoms with Gasteiger partial charge in [0.25, 0.3) is 5.91 Å². The summed E-state index contributed by atoms with van der Waals surface area (Å²) in [5.41, 5.74) is 2.93. The van der Waals surface area contributed by atoms with E-state index < -0.39 is 29.7 Å². The molecule has 6 nitrogen and oxygen atoms in total. The number of carboxylic acid groups (broad SMARTS) is 1. The normalized spacial score (nSPS) is 12.1. The van der Waals surface area contributed by atoms with Gasteiger partial charge in [0.15, 0.2) is 0 Å². The number of aromatic amines is 1. The highest BCUT2D eigenvalue weighted by molar-refractivity contribution is 7.99. The predicted octanol–water partition coefficient (Wildman–Crippen LogP) is 8.07. The van der Waals surface area contributed by atoms with Crippen LogP contribution in [0.1, 0.15) is 50.4 Å². The number of carbonyl (C=O) groups is 2. The van der Waals surface area contributed by atoms with Crippen molar-refractivity contribution in [3.63, 3.8) is 0 Å². The molecule has 0 bridgehead atoms. The number of carboxylic acids is 1. The highest BCUT2D eigenvalue weighted by atomic mass is 32.2. The van der Waals surface area contributed by atoms with Gasteiger partial charge >= 0.3 is 12.1 Å². The second-order valence-electron chi connectivity index (χ2n) is 9.54. The zero-order valence-corrected chi connectivity index (χ0v) is 22.8. The summed E-state index contributed by atoms with van der Waals surface area (Å²) in [6, 6.07) is 23.2. The van der Waals surface area contributed by atoms with E-state index in [1.807, 2.05) is 12.1 Å². The quantitative estimate of drug-likeness (QED) is 0.179. The van der Waals surface area contributed by atoms with Crippen molar-refractivity contribution >= 4 is 34.5 Å². The molecule has 0 unspecified atom stereocenters. The van der Waals surface area contributed by atoms with Crippen molar-refractivity contribution in [2.45, 2.75) is 28.9 Å². The third-order valence-electron chi connectivity index (χ3n) is 6.73. The van der Waals surface area contributed by atoms with Crippen LogP contribution in [0.15, 0.2) is 101 Å². The average molecular weight is 586 g/mol. The number of nitrogens with one attached hydrogen (secondary N) is 2. The number of aromatic nitrogens is 1. The molecule has 1 heterocycles. The topological polar surface area (TPSA) is 106 Å². The molecule has 3 N–H and O–H groups in total. The van der Waals surface area contributed by atoms with Crippen LogP contribution in [0.3, 0.4) is 0 Å². The summed E-state index contributed by atoms with van der Waals surface area (Å²) in [7, 11) is 0. The molecule has 42 heavy (non-hydrogen) atoms. The number of amides is 1. The van der Waals surface area contributed by atoms with Crippen molar-refractivity contribution in [1.82, 2.24) is 10.3 Å². The number of H-pyrrole nitrogens is 1. The van der Waals surface area contributed by atoms with Gasteiger partial charge in [0.05, 0.1) is 34.4 Å². The Morgan fingerprint density at radius 1 is 0.976 bits per heavy atom. The Morgan fingerprint density at radius 3 is 2.33 bits per heavy atom. The standard InChI is InChI=1S/C32H22F3N3O3S/c1-18(20-5-7-21(8-6-20)31(40)41)38-30(39)26-14-23(22-4-2-3-19(13-22)16-36)15-27-29(26)28(17-37-27)42-25-11-9-24(10-12-25)32(33,34)35/h2-15,17-18,37H,1H3,(H,38,39)(H,40,41)/t18-/m0/s1. The van der Waals surface area contributed by atoms with E-state index in [0.29, 0.717) is 42.9 Å². The molecule has 5 rings (SSSR count). The minimum atomic E-state index is -4.45. The maximum atomic E-state index is 13.8.